The number of hydrogen-bond acceptors (Lipinski definition) is 5. The first kappa shape index (κ1) is 19.0. The Kier molecular flexibility index (Phi) is 6.30. The van der Waals surface area contributed by atoms with Crippen LogP contribution in [0, 0.1) is 0 Å². The summed E-state index contributed by atoms with van der Waals surface area (Å²) in [6.07, 6.45) is 2.79. The Labute approximate surface area is 161 Å². The van der Waals surface area contributed by atoms with Gasteiger partial charge >= 0.3 is 0 Å². The number of amides is 2. The Morgan fingerprint density at radius 3 is 2.46 bits per heavy atom. The highest BCUT2D eigenvalue weighted by molar-refractivity contribution is 5.93. The van der Waals surface area contributed by atoms with Gasteiger partial charge in [0.05, 0.1) is 6.61 Å². The Bertz CT molecular complexity index is 960. The van der Waals surface area contributed by atoms with Crippen LogP contribution in [0.25, 0.3) is 17.0 Å². The van der Waals surface area contributed by atoms with Crippen LogP contribution >= 0.6 is 0 Å². The van der Waals surface area contributed by atoms with Crippen molar-refractivity contribution in [3.05, 3.63) is 66.4 Å². The van der Waals surface area contributed by atoms with Crippen molar-refractivity contribution in [1.29, 1.82) is 0 Å². The molecule has 0 radical (unpaired) electrons. The van der Waals surface area contributed by atoms with Gasteiger partial charge in [0.25, 0.3) is 11.8 Å². The van der Waals surface area contributed by atoms with Gasteiger partial charge < -0.3 is 13.9 Å². The zero-order valence-corrected chi connectivity index (χ0v) is 15.3. The van der Waals surface area contributed by atoms with E-state index in [1.807, 2.05) is 43.3 Å². The molecule has 0 unspecified atom stereocenters. The van der Waals surface area contributed by atoms with Gasteiger partial charge in [-0.05, 0) is 37.3 Å². The van der Waals surface area contributed by atoms with Gasteiger partial charge in [-0.15, -0.1) is 0 Å². The van der Waals surface area contributed by atoms with Gasteiger partial charge in [0.15, 0.2) is 18.1 Å². The minimum Gasteiger partial charge on any atom is -0.490 e. The lowest BCUT2D eigenvalue weighted by Gasteiger charge is -2.11. The summed E-state index contributed by atoms with van der Waals surface area (Å²) in [5.41, 5.74) is 5.30. The number of nitrogens with one attached hydrogen (secondary N) is 2. The van der Waals surface area contributed by atoms with E-state index in [1.54, 1.807) is 18.2 Å². The number of ether oxygens (including phenoxy) is 2. The molecule has 0 atom stereocenters. The van der Waals surface area contributed by atoms with Crippen LogP contribution in [-0.2, 0) is 9.59 Å². The summed E-state index contributed by atoms with van der Waals surface area (Å²) in [4.78, 5) is 23.7. The van der Waals surface area contributed by atoms with Gasteiger partial charge in [0.2, 0.25) is 0 Å². The summed E-state index contributed by atoms with van der Waals surface area (Å²) in [5, 5.41) is 0.945. The molecule has 0 saturated carbocycles. The third-order valence-electron chi connectivity index (χ3n) is 3.68. The lowest BCUT2D eigenvalue weighted by Crippen LogP contribution is -2.43. The van der Waals surface area contributed by atoms with E-state index >= 15 is 0 Å². The maximum absolute atomic E-state index is 11.8. The zero-order valence-electron chi connectivity index (χ0n) is 15.3. The third-order valence-corrected chi connectivity index (χ3v) is 3.68. The number of benzene rings is 2. The molecule has 0 aliphatic carbocycles. The second-order valence-electron chi connectivity index (χ2n) is 5.73. The van der Waals surface area contributed by atoms with Gasteiger partial charge in [0, 0.05) is 11.5 Å². The summed E-state index contributed by atoms with van der Waals surface area (Å²) in [5.74, 6) is 0.546. The molecule has 1 aromatic heterocycles. The molecular weight excluding hydrogens is 360 g/mol. The SMILES string of the molecule is CCOc1ccccc1OCC(=O)NNC(=O)/C=C/c1cc2ccccc2o1. The maximum atomic E-state index is 11.8. The number of para-hydroxylation sites is 3. The summed E-state index contributed by atoms with van der Waals surface area (Å²) in [6, 6.07) is 16.4. The second-order valence-corrected chi connectivity index (χ2v) is 5.73. The van der Waals surface area contributed by atoms with Crippen molar-refractivity contribution in [2.24, 2.45) is 0 Å². The van der Waals surface area contributed by atoms with Crippen LogP contribution in [0.4, 0.5) is 0 Å². The number of carbonyl (C=O) groups is 2. The quantitative estimate of drug-likeness (QED) is 0.486. The predicted octanol–water partition coefficient (Wildman–Crippen LogP) is 3.07. The van der Waals surface area contributed by atoms with Crippen LogP contribution in [0.5, 0.6) is 11.5 Å². The molecule has 1 heterocycles. The van der Waals surface area contributed by atoms with E-state index in [0.717, 1.165) is 11.0 Å². The number of carbonyl (C=O) groups excluding carboxylic acids is 2. The largest absolute Gasteiger partial charge is 0.490 e. The van der Waals surface area contributed by atoms with Gasteiger partial charge in [0.1, 0.15) is 11.3 Å². The summed E-state index contributed by atoms with van der Waals surface area (Å²) >= 11 is 0. The van der Waals surface area contributed by atoms with Gasteiger partial charge in [-0.3, -0.25) is 20.4 Å². The molecule has 7 heteroatoms. The molecule has 3 aromatic rings. The van der Waals surface area contributed by atoms with Crippen LogP contribution in [0.3, 0.4) is 0 Å². The minimum atomic E-state index is -0.503. The highest BCUT2D eigenvalue weighted by Gasteiger charge is 2.08. The number of fused-ring (bicyclic) bond motifs is 1. The van der Waals surface area contributed by atoms with Crippen molar-refractivity contribution in [3.8, 4) is 11.5 Å². The predicted molar refractivity (Wildman–Crippen MR) is 105 cm³/mol. The average Bonchev–Trinajstić information content (AvgIpc) is 3.13. The topological polar surface area (TPSA) is 89.8 Å². The van der Waals surface area contributed by atoms with E-state index in [1.165, 1.54) is 12.2 Å². The monoisotopic (exact) mass is 380 g/mol. The van der Waals surface area contributed by atoms with Gasteiger partial charge in [-0.1, -0.05) is 30.3 Å². The molecule has 3 rings (SSSR count). The number of rotatable bonds is 7. The Morgan fingerprint density at radius 1 is 1.00 bits per heavy atom. The summed E-state index contributed by atoms with van der Waals surface area (Å²) in [6.45, 7) is 2.08. The fraction of sp³-hybridized carbons (Fsp3) is 0.143. The Balaban J connectivity index is 1.45. The molecule has 2 amide bonds. The zero-order chi connectivity index (χ0) is 19.8. The molecule has 0 aliphatic heterocycles. The Hall–Kier alpha value is -3.74. The van der Waals surface area contributed by atoms with Crippen molar-refractivity contribution in [3.63, 3.8) is 0 Å². The highest BCUT2D eigenvalue weighted by atomic mass is 16.5. The fourth-order valence-corrected chi connectivity index (χ4v) is 2.44. The van der Waals surface area contributed by atoms with Crippen molar-refractivity contribution in [2.45, 2.75) is 6.92 Å². The number of hydrogen-bond donors (Lipinski definition) is 2. The van der Waals surface area contributed by atoms with Crippen molar-refractivity contribution in [1.82, 2.24) is 10.9 Å². The molecule has 7 nitrogen and oxygen atoms in total. The smallest absolute Gasteiger partial charge is 0.276 e. The van der Waals surface area contributed by atoms with E-state index in [2.05, 4.69) is 10.9 Å². The number of furan rings is 1. The van der Waals surface area contributed by atoms with Crippen LogP contribution in [-0.4, -0.2) is 25.0 Å². The second kappa shape index (κ2) is 9.27. The molecule has 2 aromatic carbocycles. The first-order valence-corrected chi connectivity index (χ1v) is 8.76. The van der Waals surface area contributed by atoms with E-state index < -0.39 is 11.8 Å². The van der Waals surface area contributed by atoms with Crippen LogP contribution in [0.2, 0.25) is 0 Å². The van der Waals surface area contributed by atoms with Crippen molar-refractivity contribution < 1.29 is 23.5 Å². The van der Waals surface area contributed by atoms with E-state index in [9.17, 15) is 9.59 Å². The molecule has 0 aliphatic rings. The van der Waals surface area contributed by atoms with Crippen molar-refractivity contribution >= 4 is 28.9 Å². The first-order valence-electron chi connectivity index (χ1n) is 8.76. The molecule has 144 valence electrons. The first-order chi connectivity index (χ1) is 13.7. The molecule has 0 fully saturated rings. The molecule has 2 N–H and O–H groups in total. The minimum absolute atomic E-state index is 0.266. The molecule has 0 saturated heterocycles. The van der Waals surface area contributed by atoms with Crippen LogP contribution in [0.1, 0.15) is 12.7 Å². The maximum Gasteiger partial charge on any atom is 0.276 e. The van der Waals surface area contributed by atoms with Crippen molar-refractivity contribution in [2.75, 3.05) is 13.2 Å². The average molecular weight is 380 g/mol. The van der Waals surface area contributed by atoms with Crippen LogP contribution in [0.15, 0.2) is 65.1 Å². The normalized spacial score (nSPS) is 10.8. The van der Waals surface area contributed by atoms with E-state index in [-0.39, 0.29) is 6.61 Å². The van der Waals surface area contributed by atoms with E-state index in [0.29, 0.717) is 23.9 Å². The van der Waals surface area contributed by atoms with Gasteiger partial charge in [-0.2, -0.15) is 0 Å². The molecular formula is C21H20N2O5. The molecule has 28 heavy (non-hydrogen) atoms. The molecule has 0 spiro atoms. The highest BCUT2D eigenvalue weighted by Crippen LogP contribution is 2.26. The third kappa shape index (κ3) is 5.14. The summed E-state index contributed by atoms with van der Waals surface area (Å²) in [7, 11) is 0. The van der Waals surface area contributed by atoms with E-state index in [4.69, 9.17) is 13.9 Å². The van der Waals surface area contributed by atoms with Gasteiger partial charge in [-0.25, -0.2) is 0 Å². The lowest BCUT2D eigenvalue weighted by atomic mass is 10.2. The number of hydrazine groups is 1. The van der Waals surface area contributed by atoms with Crippen LogP contribution < -0.4 is 20.3 Å². The fourth-order valence-electron chi connectivity index (χ4n) is 2.44. The standard InChI is InChI=1S/C21H20N2O5/c1-2-26-18-9-5-6-10-19(18)27-14-21(25)23-22-20(24)12-11-16-13-15-7-3-4-8-17(15)28-16/h3-13H,2,14H2,1H3,(H,22,24)(H,23,25)/b12-11+. The summed E-state index contributed by atoms with van der Waals surface area (Å²) < 4.78 is 16.4. The lowest BCUT2D eigenvalue weighted by molar-refractivity contribution is -0.128. The molecule has 0 bridgehead atoms. The Morgan fingerprint density at radius 2 is 1.71 bits per heavy atom.